The molecule has 1 aliphatic rings. The number of benzene rings is 7. The fourth-order valence-corrected chi connectivity index (χ4v) is 7.64. The predicted octanol–water partition coefficient (Wildman–Crippen LogP) is 11.5. The number of aromatic nitrogens is 2. The molecule has 9 aromatic rings. The number of fused-ring (bicyclic) bond motifs is 8. The summed E-state index contributed by atoms with van der Waals surface area (Å²) in [5.74, 6) is 0. The van der Waals surface area contributed by atoms with E-state index in [1.54, 1.807) is 0 Å². The molecule has 0 amide bonds. The van der Waals surface area contributed by atoms with Crippen LogP contribution in [-0.2, 0) is 0 Å². The standard InChI is InChI=1S/C43H26N2/c1-2-9-35-34(8-1)37-12-5-11-36-32(21-22-38(35)42(36)37)28-16-14-27(15-17-28)29-18-20-33-30(25-29)19-23-41-43(33)39-10-3-4-13-40(39)45(41)31-7-6-24-44-26-31/h1-26H. The van der Waals surface area contributed by atoms with Crippen LogP contribution in [0, 0.1) is 0 Å². The molecule has 2 nitrogen and oxygen atoms in total. The molecule has 0 saturated carbocycles. The van der Waals surface area contributed by atoms with E-state index < -0.39 is 0 Å². The predicted molar refractivity (Wildman–Crippen MR) is 189 cm³/mol. The van der Waals surface area contributed by atoms with Gasteiger partial charge in [-0.05, 0) is 96.4 Å². The van der Waals surface area contributed by atoms with Crippen LogP contribution in [0.15, 0.2) is 158 Å². The monoisotopic (exact) mass is 570 g/mol. The van der Waals surface area contributed by atoms with E-state index in [1.807, 2.05) is 18.5 Å². The lowest BCUT2D eigenvalue weighted by Gasteiger charge is -2.11. The summed E-state index contributed by atoms with van der Waals surface area (Å²) in [5, 5.41) is 7.72. The summed E-state index contributed by atoms with van der Waals surface area (Å²) in [6, 6.07) is 53.4. The number of nitrogens with zero attached hydrogens (tertiary/aromatic N) is 2. The lowest BCUT2D eigenvalue weighted by atomic mass is 9.93. The van der Waals surface area contributed by atoms with E-state index >= 15 is 0 Å². The van der Waals surface area contributed by atoms with Gasteiger partial charge in [0.2, 0.25) is 0 Å². The largest absolute Gasteiger partial charge is 0.308 e. The molecule has 0 radical (unpaired) electrons. The highest BCUT2D eigenvalue weighted by Gasteiger charge is 2.22. The Morgan fingerprint density at radius 3 is 1.96 bits per heavy atom. The summed E-state index contributed by atoms with van der Waals surface area (Å²) in [5.41, 5.74) is 13.8. The minimum atomic E-state index is 1.07. The van der Waals surface area contributed by atoms with Gasteiger partial charge in [0.25, 0.3) is 0 Å². The molecular formula is C43H26N2. The van der Waals surface area contributed by atoms with Crippen molar-refractivity contribution in [2.24, 2.45) is 0 Å². The van der Waals surface area contributed by atoms with E-state index in [-0.39, 0.29) is 0 Å². The second kappa shape index (κ2) is 9.25. The highest BCUT2D eigenvalue weighted by molar-refractivity contribution is 6.22. The third-order valence-electron chi connectivity index (χ3n) is 9.63. The van der Waals surface area contributed by atoms with Gasteiger partial charge >= 0.3 is 0 Å². The second-order valence-electron chi connectivity index (χ2n) is 12.0. The van der Waals surface area contributed by atoms with Gasteiger partial charge in [-0.2, -0.15) is 0 Å². The van der Waals surface area contributed by atoms with E-state index in [0.29, 0.717) is 0 Å². The van der Waals surface area contributed by atoms with Gasteiger partial charge in [-0.1, -0.05) is 115 Å². The Bertz CT molecular complexity index is 2600. The van der Waals surface area contributed by atoms with Gasteiger partial charge in [0.1, 0.15) is 0 Å². The Hall–Kier alpha value is -5.99. The zero-order valence-corrected chi connectivity index (χ0v) is 24.4. The topological polar surface area (TPSA) is 17.8 Å². The molecular weight excluding hydrogens is 544 g/mol. The first-order valence-electron chi connectivity index (χ1n) is 15.5. The molecule has 2 heterocycles. The van der Waals surface area contributed by atoms with Gasteiger partial charge in [0, 0.05) is 17.0 Å². The van der Waals surface area contributed by atoms with Gasteiger partial charge in [-0.25, -0.2) is 0 Å². The molecule has 0 aliphatic heterocycles. The van der Waals surface area contributed by atoms with Crippen molar-refractivity contribution in [3.63, 3.8) is 0 Å². The maximum Gasteiger partial charge on any atom is 0.0645 e. The van der Waals surface area contributed by atoms with Crippen LogP contribution in [0.1, 0.15) is 0 Å². The molecule has 0 N–H and O–H groups in total. The summed E-state index contributed by atoms with van der Waals surface area (Å²) in [4.78, 5) is 4.40. The van der Waals surface area contributed by atoms with E-state index in [4.69, 9.17) is 0 Å². The molecule has 7 aromatic carbocycles. The van der Waals surface area contributed by atoms with Crippen LogP contribution in [0.3, 0.4) is 0 Å². The van der Waals surface area contributed by atoms with Crippen LogP contribution in [-0.4, -0.2) is 9.55 Å². The smallest absolute Gasteiger partial charge is 0.0645 e. The Morgan fingerprint density at radius 1 is 0.400 bits per heavy atom. The molecule has 208 valence electrons. The van der Waals surface area contributed by atoms with Gasteiger partial charge in [-0.15, -0.1) is 0 Å². The summed E-state index contributed by atoms with van der Waals surface area (Å²) < 4.78 is 2.32. The van der Waals surface area contributed by atoms with Crippen LogP contribution in [0.4, 0.5) is 0 Å². The number of para-hydroxylation sites is 1. The molecule has 0 saturated heterocycles. The summed E-state index contributed by atoms with van der Waals surface area (Å²) >= 11 is 0. The van der Waals surface area contributed by atoms with E-state index in [9.17, 15) is 0 Å². The van der Waals surface area contributed by atoms with Crippen molar-refractivity contribution in [3.8, 4) is 50.2 Å². The third kappa shape index (κ3) is 3.48. The van der Waals surface area contributed by atoms with E-state index in [0.717, 1.165) is 5.69 Å². The van der Waals surface area contributed by atoms with Gasteiger partial charge in [-0.3, -0.25) is 4.98 Å². The van der Waals surface area contributed by atoms with E-state index in [2.05, 4.69) is 149 Å². The van der Waals surface area contributed by atoms with Crippen molar-refractivity contribution in [2.45, 2.75) is 0 Å². The first-order chi connectivity index (χ1) is 22.3. The van der Waals surface area contributed by atoms with E-state index in [1.165, 1.54) is 87.9 Å². The first-order valence-corrected chi connectivity index (χ1v) is 15.5. The SMILES string of the molecule is c1cncc(-n2c3ccccc3c3c4ccc(-c5ccc(-c6ccc7c8c(cccc68)-c6ccccc6-7)cc5)cc4ccc32)c1. The maximum atomic E-state index is 4.40. The highest BCUT2D eigenvalue weighted by Crippen LogP contribution is 2.49. The van der Waals surface area contributed by atoms with Crippen LogP contribution in [0.25, 0.3) is 93.5 Å². The molecule has 0 fully saturated rings. The number of pyridine rings is 1. The molecule has 10 rings (SSSR count). The molecule has 1 aliphatic carbocycles. The van der Waals surface area contributed by atoms with Gasteiger partial charge < -0.3 is 4.57 Å². The quantitative estimate of drug-likeness (QED) is 0.207. The Kier molecular flexibility index (Phi) is 5.03. The molecule has 0 unspecified atom stereocenters. The Balaban J connectivity index is 1.07. The number of hydrogen-bond donors (Lipinski definition) is 0. The molecule has 45 heavy (non-hydrogen) atoms. The zero-order valence-electron chi connectivity index (χ0n) is 24.4. The third-order valence-corrected chi connectivity index (χ3v) is 9.63. The first kappa shape index (κ1) is 24.5. The van der Waals surface area contributed by atoms with Crippen molar-refractivity contribution in [1.82, 2.24) is 9.55 Å². The van der Waals surface area contributed by atoms with Crippen molar-refractivity contribution in [2.75, 3.05) is 0 Å². The number of rotatable bonds is 3. The normalized spacial score (nSPS) is 12.0. The zero-order chi connectivity index (χ0) is 29.5. The van der Waals surface area contributed by atoms with Crippen molar-refractivity contribution in [1.29, 1.82) is 0 Å². The second-order valence-corrected chi connectivity index (χ2v) is 12.0. The fourth-order valence-electron chi connectivity index (χ4n) is 7.64. The molecule has 0 atom stereocenters. The summed E-state index contributed by atoms with van der Waals surface area (Å²) in [6.07, 6.45) is 3.76. The van der Waals surface area contributed by atoms with Crippen LogP contribution in [0.5, 0.6) is 0 Å². The molecule has 2 heteroatoms. The average molecular weight is 571 g/mol. The lowest BCUT2D eigenvalue weighted by molar-refractivity contribution is 1.14. The Labute approximate surface area is 260 Å². The minimum Gasteiger partial charge on any atom is -0.308 e. The molecule has 0 bridgehead atoms. The van der Waals surface area contributed by atoms with Crippen LogP contribution in [0.2, 0.25) is 0 Å². The van der Waals surface area contributed by atoms with Crippen molar-refractivity contribution in [3.05, 3.63) is 158 Å². The Morgan fingerprint density at radius 2 is 1.11 bits per heavy atom. The maximum absolute atomic E-state index is 4.40. The molecule has 0 spiro atoms. The molecule has 2 aromatic heterocycles. The van der Waals surface area contributed by atoms with Gasteiger partial charge in [0.15, 0.2) is 0 Å². The van der Waals surface area contributed by atoms with Crippen LogP contribution >= 0.6 is 0 Å². The summed E-state index contributed by atoms with van der Waals surface area (Å²) in [6.45, 7) is 0. The highest BCUT2D eigenvalue weighted by atomic mass is 15.0. The van der Waals surface area contributed by atoms with Crippen molar-refractivity contribution >= 4 is 43.4 Å². The van der Waals surface area contributed by atoms with Crippen LogP contribution < -0.4 is 0 Å². The summed E-state index contributed by atoms with van der Waals surface area (Å²) in [7, 11) is 0. The lowest BCUT2D eigenvalue weighted by Crippen LogP contribution is -1.93. The van der Waals surface area contributed by atoms with Crippen molar-refractivity contribution < 1.29 is 0 Å². The average Bonchev–Trinajstić information content (AvgIpc) is 3.63. The van der Waals surface area contributed by atoms with Gasteiger partial charge in [0.05, 0.1) is 22.9 Å². The fraction of sp³-hybridized carbons (Fsp3) is 0. The number of hydrogen-bond acceptors (Lipinski definition) is 1. The minimum absolute atomic E-state index is 1.07.